The molecule has 0 saturated heterocycles. The molecule has 0 fully saturated rings. The molecule has 3 nitrogen and oxygen atoms in total. The predicted octanol–water partition coefficient (Wildman–Crippen LogP) is 2.86. The van der Waals surface area contributed by atoms with E-state index in [-0.39, 0.29) is 0 Å². The lowest BCUT2D eigenvalue weighted by atomic mass is 10.1. The summed E-state index contributed by atoms with van der Waals surface area (Å²) in [5.74, 6) is 0.551. The van der Waals surface area contributed by atoms with Gasteiger partial charge in [0.05, 0.1) is 17.8 Å². The molecule has 0 unspecified atom stereocenters. The Kier molecular flexibility index (Phi) is 4.34. The van der Waals surface area contributed by atoms with Gasteiger partial charge in [-0.2, -0.15) is 5.26 Å². The molecule has 16 heavy (non-hydrogen) atoms. The van der Waals surface area contributed by atoms with Gasteiger partial charge in [-0.3, -0.25) is 0 Å². The zero-order valence-corrected chi connectivity index (χ0v) is 10.9. The highest BCUT2D eigenvalue weighted by Crippen LogP contribution is 2.23. The fourth-order valence-corrected chi connectivity index (χ4v) is 1.49. The zero-order valence-electron chi connectivity index (χ0n) is 9.33. The summed E-state index contributed by atoms with van der Waals surface area (Å²) in [6.45, 7) is 3.84. The molecule has 1 aromatic rings. The van der Waals surface area contributed by atoms with Gasteiger partial charge in [-0.05, 0) is 32.0 Å². The number of nitrogens with zero attached hydrogens (tertiary/aromatic N) is 1. The van der Waals surface area contributed by atoms with E-state index < -0.39 is 5.60 Å². The second kappa shape index (κ2) is 5.33. The molecule has 86 valence electrons. The van der Waals surface area contributed by atoms with Crippen LogP contribution < -0.4 is 4.74 Å². The number of nitriles is 1. The van der Waals surface area contributed by atoms with Crippen molar-refractivity contribution in [3.05, 3.63) is 28.2 Å². The molecule has 0 aromatic heterocycles. The molecule has 0 radical (unpaired) electrons. The van der Waals surface area contributed by atoms with Crippen LogP contribution in [0.15, 0.2) is 22.7 Å². The maximum atomic E-state index is 9.51. The Bertz CT molecular complexity index is 404. The summed E-state index contributed by atoms with van der Waals surface area (Å²) < 4.78 is 6.30. The molecule has 4 heteroatoms. The van der Waals surface area contributed by atoms with Crippen molar-refractivity contribution < 1.29 is 9.84 Å². The molecule has 1 rings (SSSR count). The van der Waals surface area contributed by atoms with Gasteiger partial charge < -0.3 is 9.84 Å². The Morgan fingerprint density at radius 3 is 2.75 bits per heavy atom. The molecule has 0 aliphatic heterocycles. The molecular formula is C12H14BrNO2. The van der Waals surface area contributed by atoms with Crippen molar-refractivity contribution in [3.8, 4) is 11.8 Å². The molecule has 0 heterocycles. The summed E-state index contributed by atoms with van der Waals surface area (Å²) >= 11 is 3.29. The van der Waals surface area contributed by atoms with Gasteiger partial charge in [0.1, 0.15) is 11.8 Å². The van der Waals surface area contributed by atoms with Crippen molar-refractivity contribution in [2.45, 2.75) is 25.9 Å². The predicted molar refractivity (Wildman–Crippen MR) is 65.3 cm³/mol. The monoisotopic (exact) mass is 283 g/mol. The molecule has 0 bridgehead atoms. The Labute approximate surface area is 104 Å². The first-order valence-electron chi connectivity index (χ1n) is 4.97. The lowest BCUT2D eigenvalue weighted by Gasteiger charge is -2.17. The number of ether oxygens (including phenoxy) is 1. The topological polar surface area (TPSA) is 53.2 Å². The average molecular weight is 284 g/mol. The Morgan fingerprint density at radius 2 is 2.19 bits per heavy atom. The molecule has 0 spiro atoms. The summed E-state index contributed by atoms with van der Waals surface area (Å²) in [6, 6.07) is 7.34. The average Bonchev–Trinajstić information content (AvgIpc) is 2.18. The van der Waals surface area contributed by atoms with Gasteiger partial charge in [0.2, 0.25) is 0 Å². The first kappa shape index (κ1) is 13.0. The van der Waals surface area contributed by atoms with Crippen molar-refractivity contribution in [1.29, 1.82) is 5.26 Å². The van der Waals surface area contributed by atoms with E-state index in [2.05, 4.69) is 22.0 Å². The van der Waals surface area contributed by atoms with Crippen LogP contribution in [-0.2, 0) is 0 Å². The number of hydrogen-bond acceptors (Lipinski definition) is 3. The second-order valence-electron chi connectivity index (χ2n) is 4.16. The largest absolute Gasteiger partial charge is 0.492 e. The molecule has 1 N–H and O–H groups in total. The van der Waals surface area contributed by atoms with E-state index in [1.807, 2.05) is 6.07 Å². The van der Waals surface area contributed by atoms with E-state index in [1.54, 1.807) is 26.0 Å². The summed E-state index contributed by atoms with van der Waals surface area (Å²) in [7, 11) is 0. The van der Waals surface area contributed by atoms with Crippen LogP contribution in [0.3, 0.4) is 0 Å². The fraction of sp³-hybridized carbons (Fsp3) is 0.417. The first-order chi connectivity index (χ1) is 7.42. The maximum Gasteiger partial charge on any atom is 0.137 e. The summed E-state index contributed by atoms with van der Waals surface area (Å²) in [5.41, 5.74) is -0.257. The van der Waals surface area contributed by atoms with Crippen molar-refractivity contribution in [2.24, 2.45) is 0 Å². The van der Waals surface area contributed by atoms with Crippen LogP contribution in [0, 0.1) is 11.3 Å². The molecule has 0 amide bonds. The van der Waals surface area contributed by atoms with Gasteiger partial charge in [-0.15, -0.1) is 0 Å². The Morgan fingerprint density at radius 1 is 1.50 bits per heavy atom. The minimum absolute atomic E-state index is 0.389. The molecule has 1 aromatic carbocycles. The van der Waals surface area contributed by atoms with E-state index in [0.29, 0.717) is 24.3 Å². The SMILES string of the molecule is CC(C)(O)CCOc1ccc(Br)cc1C#N. The number of benzene rings is 1. The highest BCUT2D eigenvalue weighted by atomic mass is 79.9. The van der Waals surface area contributed by atoms with Gasteiger partial charge in [0, 0.05) is 10.9 Å². The summed E-state index contributed by atoms with van der Waals surface area (Å²) in [5, 5.41) is 18.4. The summed E-state index contributed by atoms with van der Waals surface area (Å²) in [4.78, 5) is 0. The number of aliphatic hydroxyl groups is 1. The lowest BCUT2D eigenvalue weighted by molar-refractivity contribution is 0.0553. The van der Waals surface area contributed by atoms with Crippen LogP contribution in [0.4, 0.5) is 0 Å². The lowest BCUT2D eigenvalue weighted by Crippen LogP contribution is -2.21. The second-order valence-corrected chi connectivity index (χ2v) is 5.08. The molecule has 0 aliphatic rings. The van der Waals surface area contributed by atoms with Gasteiger partial charge in [-0.1, -0.05) is 15.9 Å². The van der Waals surface area contributed by atoms with Gasteiger partial charge in [-0.25, -0.2) is 0 Å². The van der Waals surface area contributed by atoms with Crippen molar-refractivity contribution in [1.82, 2.24) is 0 Å². The number of rotatable bonds is 4. The molecule has 0 atom stereocenters. The van der Waals surface area contributed by atoms with E-state index in [0.717, 1.165) is 4.47 Å². The molecular weight excluding hydrogens is 270 g/mol. The molecule has 0 saturated carbocycles. The minimum atomic E-state index is -0.748. The Balaban J connectivity index is 2.65. The minimum Gasteiger partial charge on any atom is -0.492 e. The van der Waals surface area contributed by atoms with E-state index >= 15 is 0 Å². The Hall–Kier alpha value is -1.05. The first-order valence-corrected chi connectivity index (χ1v) is 5.76. The maximum absolute atomic E-state index is 9.51. The van der Waals surface area contributed by atoms with Crippen LogP contribution >= 0.6 is 15.9 Å². The standard InChI is InChI=1S/C12H14BrNO2/c1-12(2,15)5-6-16-11-4-3-10(13)7-9(11)8-14/h3-4,7,15H,5-6H2,1-2H3. The third-order valence-corrected chi connectivity index (χ3v) is 2.53. The van der Waals surface area contributed by atoms with Crippen LogP contribution in [0.5, 0.6) is 5.75 Å². The smallest absolute Gasteiger partial charge is 0.137 e. The third kappa shape index (κ3) is 4.21. The van der Waals surface area contributed by atoms with E-state index in [1.165, 1.54) is 0 Å². The number of hydrogen-bond donors (Lipinski definition) is 1. The van der Waals surface area contributed by atoms with Crippen molar-refractivity contribution in [3.63, 3.8) is 0 Å². The van der Waals surface area contributed by atoms with Gasteiger partial charge in [0.15, 0.2) is 0 Å². The zero-order chi connectivity index (χ0) is 12.2. The van der Waals surface area contributed by atoms with Gasteiger partial charge in [0.25, 0.3) is 0 Å². The fourth-order valence-electron chi connectivity index (χ4n) is 1.13. The number of halogens is 1. The van der Waals surface area contributed by atoms with E-state index in [4.69, 9.17) is 10.00 Å². The van der Waals surface area contributed by atoms with E-state index in [9.17, 15) is 5.11 Å². The van der Waals surface area contributed by atoms with Crippen molar-refractivity contribution >= 4 is 15.9 Å². The highest BCUT2D eigenvalue weighted by molar-refractivity contribution is 9.10. The summed E-state index contributed by atoms with van der Waals surface area (Å²) in [6.07, 6.45) is 0.522. The van der Waals surface area contributed by atoms with Crippen LogP contribution in [0.2, 0.25) is 0 Å². The quantitative estimate of drug-likeness (QED) is 0.925. The highest BCUT2D eigenvalue weighted by Gasteiger charge is 2.13. The normalized spacial score (nSPS) is 10.9. The van der Waals surface area contributed by atoms with Crippen LogP contribution in [0.25, 0.3) is 0 Å². The van der Waals surface area contributed by atoms with Crippen LogP contribution in [-0.4, -0.2) is 17.3 Å². The third-order valence-electron chi connectivity index (χ3n) is 2.03. The van der Waals surface area contributed by atoms with Gasteiger partial charge >= 0.3 is 0 Å². The van der Waals surface area contributed by atoms with Crippen LogP contribution in [0.1, 0.15) is 25.8 Å². The molecule has 0 aliphatic carbocycles. The van der Waals surface area contributed by atoms with Crippen molar-refractivity contribution in [2.75, 3.05) is 6.61 Å².